The van der Waals surface area contributed by atoms with Crippen molar-refractivity contribution in [3.05, 3.63) is 70.4 Å². The van der Waals surface area contributed by atoms with Crippen LogP contribution in [0.2, 0.25) is 5.02 Å². The maximum Gasteiger partial charge on any atom is 0.333 e. The molecule has 4 nitrogen and oxygen atoms in total. The molecule has 0 saturated carbocycles. The van der Waals surface area contributed by atoms with Gasteiger partial charge in [0.05, 0.1) is 5.69 Å². The normalized spacial score (nSPS) is 16.1. The van der Waals surface area contributed by atoms with Crippen molar-refractivity contribution in [2.75, 3.05) is 4.90 Å². The van der Waals surface area contributed by atoms with Crippen LogP contribution in [0.5, 0.6) is 0 Å². The Hall–Kier alpha value is -2.59. The van der Waals surface area contributed by atoms with Crippen molar-refractivity contribution in [3.8, 4) is 0 Å². The van der Waals surface area contributed by atoms with E-state index in [1.165, 1.54) is 5.56 Å². The lowest BCUT2D eigenvalue weighted by atomic mass is 10.1. The molecule has 0 spiro atoms. The van der Waals surface area contributed by atoms with Gasteiger partial charge in [-0.3, -0.25) is 4.79 Å². The molecular weight excluding hydrogens is 312 g/mol. The molecule has 116 valence electrons. The zero-order chi connectivity index (χ0) is 16.4. The van der Waals surface area contributed by atoms with Gasteiger partial charge in [-0.2, -0.15) is 0 Å². The highest BCUT2D eigenvalue weighted by Crippen LogP contribution is 2.24. The summed E-state index contributed by atoms with van der Waals surface area (Å²) in [5.41, 5.74) is 2.83. The van der Waals surface area contributed by atoms with Gasteiger partial charge in [-0.25, -0.2) is 9.69 Å². The molecule has 23 heavy (non-hydrogen) atoms. The Bertz CT molecular complexity index is 780. The standard InChI is InChI=1S/C18H15ClN2O2/c1-2-12-3-5-13(6-4-12)11-16-17(22)21(18(23)20-16)15-9-7-14(19)8-10-15/h3-11H,2H2,1H3,(H,20,23)/b16-11+. The summed E-state index contributed by atoms with van der Waals surface area (Å²) in [6, 6.07) is 14.0. The van der Waals surface area contributed by atoms with E-state index in [2.05, 4.69) is 12.2 Å². The van der Waals surface area contributed by atoms with Crippen molar-refractivity contribution in [3.63, 3.8) is 0 Å². The zero-order valence-electron chi connectivity index (χ0n) is 12.5. The number of hydrogen-bond acceptors (Lipinski definition) is 2. The number of carbonyl (C=O) groups excluding carboxylic acids is 2. The largest absolute Gasteiger partial charge is 0.333 e. The number of imide groups is 1. The van der Waals surface area contributed by atoms with Crippen LogP contribution in [0.25, 0.3) is 6.08 Å². The van der Waals surface area contributed by atoms with E-state index in [1.807, 2.05) is 24.3 Å². The Morgan fingerprint density at radius 3 is 2.30 bits per heavy atom. The summed E-state index contributed by atoms with van der Waals surface area (Å²) in [7, 11) is 0. The number of hydrogen-bond donors (Lipinski definition) is 1. The summed E-state index contributed by atoms with van der Waals surface area (Å²) >= 11 is 5.84. The molecule has 1 aliphatic rings. The van der Waals surface area contributed by atoms with Gasteiger partial charge in [0.1, 0.15) is 5.70 Å². The van der Waals surface area contributed by atoms with Crippen LogP contribution in [0, 0.1) is 0 Å². The average molecular weight is 327 g/mol. The number of carbonyl (C=O) groups is 2. The molecule has 1 heterocycles. The van der Waals surface area contributed by atoms with Gasteiger partial charge in [0.25, 0.3) is 5.91 Å². The number of benzene rings is 2. The monoisotopic (exact) mass is 326 g/mol. The molecule has 1 aliphatic heterocycles. The molecule has 5 heteroatoms. The van der Waals surface area contributed by atoms with Gasteiger partial charge in [-0.15, -0.1) is 0 Å². The molecule has 2 aromatic carbocycles. The van der Waals surface area contributed by atoms with Gasteiger partial charge in [0, 0.05) is 5.02 Å². The number of anilines is 1. The zero-order valence-corrected chi connectivity index (χ0v) is 13.3. The molecule has 0 bridgehead atoms. The minimum atomic E-state index is -0.464. The van der Waals surface area contributed by atoms with E-state index >= 15 is 0 Å². The van der Waals surface area contributed by atoms with Gasteiger partial charge in [0.15, 0.2) is 0 Å². The second-order valence-electron chi connectivity index (χ2n) is 5.20. The minimum Gasteiger partial charge on any atom is -0.302 e. The maximum atomic E-state index is 12.5. The third kappa shape index (κ3) is 3.12. The van der Waals surface area contributed by atoms with E-state index in [1.54, 1.807) is 30.3 Å². The summed E-state index contributed by atoms with van der Waals surface area (Å²) in [6.07, 6.45) is 2.63. The van der Waals surface area contributed by atoms with Crippen molar-refractivity contribution >= 4 is 35.3 Å². The van der Waals surface area contributed by atoms with Crippen LogP contribution in [-0.4, -0.2) is 11.9 Å². The lowest BCUT2D eigenvalue weighted by Gasteiger charge is -2.11. The van der Waals surface area contributed by atoms with E-state index in [4.69, 9.17) is 11.6 Å². The first kappa shape index (κ1) is 15.3. The molecule has 3 rings (SSSR count). The van der Waals surface area contributed by atoms with Crippen molar-refractivity contribution in [2.45, 2.75) is 13.3 Å². The lowest BCUT2D eigenvalue weighted by Crippen LogP contribution is -2.30. The van der Waals surface area contributed by atoms with Crippen LogP contribution in [0.4, 0.5) is 10.5 Å². The lowest BCUT2D eigenvalue weighted by molar-refractivity contribution is -0.113. The second kappa shape index (κ2) is 6.26. The predicted molar refractivity (Wildman–Crippen MR) is 91.3 cm³/mol. The van der Waals surface area contributed by atoms with Crippen molar-refractivity contribution in [1.29, 1.82) is 0 Å². The number of nitrogens with zero attached hydrogens (tertiary/aromatic N) is 1. The fraction of sp³-hybridized carbons (Fsp3) is 0.111. The smallest absolute Gasteiger partial charge is 0.302 e. The first-order valence-electron chi connectivity index (χ1n) is 7.30. The van der Waals surface area contributed by atoms with E-state index in [-0.39, 0.29) is 11.6 Å². The Morgan fingerprint density at radius 2 is 1.70 bits per heavy atom. The molecule has 1 N–H and O–H groups in total. The molecular formula is C18H15ClN2O2. The molecule has 0 unspecified atom stereocenters. The predicted octanol–water partition coefficient (Wildman–Crippen LogP) is 4.00. The van der Waals surface area contributed by atoms with Crippen molar-refractivity contribution in [2.24, 2.45) is 0 Å². The van der Waals surface area contributed by atoms with Gasteiger partial charge in [-0.1, -0.05) is 42.8 Å². The molecule has 0 aromatic heterocycles. The van der Waals surface area contributed by atoms with E-state index in [9.17, 15) is 9.59 Å². The number of urea groups is 1. The maximum absolute atomic E-state index is 12.5. The third-order valence-electron chi connectivity index (χ3n) is 3.66. The quantitative estimate of drug-likeness (QED) is 0.684. The highest BCUT2D eigenvalue weighted by atomic mass is 35.5. The summed E-state index contributed by atoms with van der Waals surface area (Å²) in [4.78, 5) is 25.7. The second-order valence-corrected chi connectivity index (χ2v) is 5.64. The number of halogens is 1. The highest BCUT2D eigenvalue weighted by molar-refractivity contribution is 6.31. The molecule has 0 radical (unpaired) electrons. The third-order valence-corrected chi connectivity index (χ3v) is 3.91. The topological polar surface area (TPSA) is 49.4 Å². The van der Waals surface area contributed by atoms with Crippen LogP contribution in [0.3, 0.4) is 0 Å². The van der Waals surface area contributed by atoms with Crippen LogP contribution >= 0.6 is 11.6 Å². The summed E-state index contributed by atoms with van der Waals surface area (Å²) < 4.78 is 0. The molecule has 0 atom stereocenters. The molecule has 1 saturated heterocycles. The van der Waals surface area contributed by atoms with Crippen LogP contribution < -0.4 is 10.2 Å². The molecule has 1 fully saturated rings. The summed E-state index contributed by atoms with van der Waals surface area (Å²) in [5, 5.41) is 3.16. The Kier molecular flexibility index (Phi) is 4.17. The van der Waals surface area contributed by atoms with Crippen molar-refractivity contribution in [1.82, 2.24) is 5.32 Å². The fourth-order valence-electron chi connectivity index (χ4n) is 2.38. The summed E-state index contributed by atoms with van der Waals surface area (Å²) in [6.45, 7) is 2.08. The fourth-order valence-corrected chi connectivity index (χ4v) is 2.50. The van der Waals surface area contributed by atoms with Crippen LogP contribution in [0.1, 0.15) is 18.1 Å². The molecule has 3 amide bonds. The van der Waals surface area contributed by atoms with Crippen molar-refractivity contribution < 1.29 is 9.59 Å². The Morgan fingerprint density at radius 1 is 1.04 bits per heavy atom. The van der Waals surface area contributed by atoms with Crippen LogP contribution in [0.15, 0.2) is 54.2 Å². The summed E-state index contributed by atoms with van der Waals surface area (Å²) in [5.74, 6) is -0.378. The Labute approximate surface area is 139 Å². The van der Waals surface area contributed by atoms with Gasteiger partial charge < -0.3 is 5.32 Å². The SMILES string of the molecule is CCc1ccc(/C=C2/NC(=O)N(c3ccc(Cl)cc3)C2=O)cc1. The van der Waals surface area contributed by atoms with Gasteiger partial charge in [0.2, 0.25) is 0 Å². The minimum absolute atomic E-state index is 0.259. The molecule has 2 aromatic rings. The first-order valence-corrected chi connectivity index (χ1v) is 7.68. The average Bonchev–Trinajstić information content (AvgIpc) is 2.83. The van der Waals surface area contributed by atoms with Gasteiger partial charge >= 0.3 is 6.03 Å². The van der Waals surface area contributed by atoms with E-state index in [0.29, 0.717) is 10.7 Å². The van der Waals surface area contributed by atoms with E-state index < -0.39 is 6.03 Å². The number of amides is 3. The first-order chi connectivity index (χ1) is 11.1. The Balaban J connectivity index is 1.88. The highest BCUT2D eigenvalue weighted by Gasteiger charge is 2.34. The van der Waals surface area contributed by atoms with Crippen LogP contribution in [-0.2, 0) is 11.2 Å². The van der Waals surface area contributed by atoms with Gasteiger partial charge in [-0.05, 0) is 47.9 Å². The van der Waals surface area contributed by atoms with E-state index in [0.717, 1.165) is 16.9 Å². The number of nitrogens with one attached hydrogen (secondary N) is 1. The number of aryl methyl sites for hydroxylation is 1. The molecule has 0 aliphatic carbocycles. The number of rotatable bonds is 3.